The van der Waals surface area contributed by atoms with Gasteiger partial charge in [-0.2, -0.15) is 0 Å². The van der Waals surface area contributed by atoms with Crippen LogP contribution in [0, 0.1) is 0 Å². The van der Waals surface area contributed by atoms with E-state index in [0.29, 0.717) is 24.7 Å². The van der Waals surface area contributed by atoms with Crippen molar-refractivity contribution in [3.05, 3.63) is 42.3 Å². The topological polar surface area (TPSA) is 80.5 Å². The van der Waals surface area contributed by atoms with Crippen LogP contribution in [0.5, 0.6) is 0 Å². The second kappa shape index (κ2) is 6.76. The molecule has 0 bridgehead atoms. The maximum absolute atomic E-state index is 12.5. The predicted octanol–water partition coefficient (Wildman–Crippen LogP) is 2.27. The summed E-state index contributed by atoms with van der Waals surface area (Å²) in [5.41, 5.74) is 1.09. The van der Waals surface area contributed by atoms with E-state index in [0.717, 1.165) is 18.4 Å². The molecule has 1 aliphatic heterocycles. The van der Waals surface area contributed by atoms with E-state index in [1.165, 1.54) is 13.2 Å². The molecule has 128 valence electrons. The van der Waals surface area contributed by atoms with Crippen molar-refractivity contribution in [1.29, 1.82) is 0 Å². The van der Waals surface area contributed by atoms with Gasteiger partial charge in [-0.15, -0.1) is 0 Å². The Labute approximate surface area is 141 Å². The predicted molar refractivity (Wildman–Crippen MR) is 89.8 cm³/mol. The first-order chi connectivity index (χ1) is 11.5. The van der Waals surface area contributed by atoms with Gasteiger partial charge < -0.3 is 9.32 Å². The number of carbonyl (C=O) groups excluding carboxylic acids is 1. The fourth-order valence-electron chi connectivity index (χ4n) is 2.77. The molecule has 2 heterocycles. The first-order valence-electron chi connectivity index (χ1n) is 7.97. The summed E-state index contributed by atoms with van der Waals surface area (Å²) in [6, 6.07) is 9.26. The zero-order valence-electron chi connectivity index (χ0n) is 13.5. The molecule has 6 nitrogen and oxygen atoms in total. The molecular formula is C17H20N2O4S. The molecular weight excluding hydrogens is 328 g/mol. The van der Waals surface area contributed by atoms with Crippen molar-refractivity contribution in [2.45, 2.75) is 30.8 Å². The lowest BCUT2D eigenvalue weighted by atomic mass is 10.2. The fraction of sp³-hybridized carbons (Fsp3) is 0.412. The molecule has 0 aliphatic carbocycles. The van der Waals surface area contributed by atoms with Crippen LogP contribution >= 0.6 is 0 Å². The van der Waals surface area contributed by atoms with Gasteiger partial charge in [0.25, 0.3) is 0 Å². The van der Waals surface area contributed by atoms with E-state index in [9.17, 15) is 13.2 Å². The highest BCUT2D eigenvalue weighted by molar-refractivity contribution is 7.92. The summed E-state index contributed by atoms with van der Waals surface area (Å²) in [6.45, 7) is 2.73. The molecule has 3 rings (SSSR count). The van der Waals surface area contributed by atoms with Crippen LogP contribution in [0.4, 0.5) is 0 Å². The average molecular weight is 348 g/mol. The molecule has 0 unspecified atom stereocenters. The summed E-state index contributed by atoms with van der Waals surface area (Å²) in [5, 5.41) is -1.06. The van der Waals surface area contributed by atoms with Crippen LogP contribution < -0.4 is 0 Å². The number of amides is 1. The molecule has 1 aromatic carbocycles. The number of benzene rings is 1. The Hall–Kier alpha value is -2.15. The van der Waals surface area contributed by atoms with Gasteiger partial charge in [0.2, 0.25) is 11.8 Å². The quantitative estimate of drug-likeness (QED) is 0.828. The van der Waals surface area contributed by atoms with Crippen LogP contribution in [-0.2, 0) is 20.4 Å². The molecule has 24 heavy (non-hydrogen) atoms. The lowest BCUT2D eigenvalue weighted by Crippen LogP contribution is -2.40. The minimum absolute atomic E-state index is 0.302. The van der Waals surface area contributed by atoms with Gasteiger partial charge in [0, 0.05) is 18.7 Å². The SMILES string of the molecule is C[C@@H](C(=O)N1CCCC1)S(=O)(=O)Cc1coc(-c2ccccc2)n1. The van der Waals surface area contributed by atoms with Gasteiger partial charge in [0.1, 0.15) is 11.5 Å². The van der Waals surface area contributed by atoms with Gasteiger partial charge >= 0.3 is 0 Å². The summed E-state index contributed by atoms with van der Waals surface area (Å²) < 4.78 is 30.4. The Bertz CT molecular complexity index is 808. The number of hydrogen-bond donors (Lipinski definition) is 0. The second-order valence-corrected chi connectivity index (χ2v) is 8.31. The molecule has 2 aromatic rings. The maximum atomic E-state index is 12.5. The van der Waals surface area contributed by atoms with Crippen LogP contribution in [0.2, 0.25) is 0 Å². The third kappa shape index (κ3) is 3.51. The summed E-state index contributed by atoms with van der Waals surface area (Å²) in [4.78, 5) is 18.2. The standard InChI is InChI=1S/C17H20N2O4S/c1-13(17(20)19-9-5-6-10-19)24(21,22)12-15-11-23-16(18-15)14-7-3-2-4-8-14/h2-4,7-8,11,13H,5-6,9-10,12H2,1H3/t13-/m0/s1. The third-order valence-electron chi connectivity index (χ3n) is 4.23. The maximum Gasteiger partial charge on any atom is 0.240 e. The monoisotopic (exact) mass is 348 g/mol. The Morgan fingerprint density at radius 2 is 1.92 bits per heavy atom. The molecule has 7 heteroatoms. The lowest BCUT2D eigenvalue weighted by molar-refractivity contribution is -0.129. The van der Waals surface area contributed by atoms with Gasteiger partial charge in [-0.05, 0) is 31.9 Å². The molecule has 0 spiro atoms. The van der Waals surface area contributed by atoms with Crippen LogP contribution in [0.25, 0.3) is 11.5 Å². The van der Waals surface area contributed by atoms with Gasteiger partial charge in [0.05, 0.1) is 11.4 Å². The average Bonchev–Trinajstić information content (AvgIpc) is 3.25. The van der Waals surface area contributed by atoms with E-state index in [1.54, 1.807) is 4.90 Å². The van der Waals surface area contributed by atoms with Crippen molar-refractivity contribution in [2.24, 2.45) is 0 Å². The number of carbonyl (C=O) groups is 1. The van der Waals surface area contributed by atoms with Crippen LogP contribution in [0.3, 0.4) is 0 Å². The molecule has 1 amide bonds. The van der Waals surface area contributed by atoms with Crippen LogP contribution in [-0.4, -0.2) is 42.5 Å². The Kier molecular flexibility index (Phi) is 4.71. The van der Waals surface area contributed by atoms with E-state index in [-0.39, 0.29) is 11.7 Å². The molecule has 1 fully saturated rings. The van der Waals surface area contributed by atoms with Gasteiger partial charge in [-0.1, -0.05) is 18.2 Å². The largest absolute Gasteiger partial charge is 0.444 e. The summed E-state index contributed by atoms with van der Waals surface area (Å²) in [5.74, 6) is -0.247. The van der Waals surface area contributed by atoms with Gasteiger partial charge in [-0.25, -0.2) is 13.4 Å². The van der Waals surface area contributed by atoms with Gasteiger partial charge in [0.15, 0.2) is 9.84 Å². The molecule has 1 atom stereocenters. The minimum atomic E-state index is -3.63. The number of sulfone groups is 1. The number of nitrogens with zero attached hydrogens (tertiary/aromatic N) is 2. The van der Waals surface area contributed by atoms with Crippen molar-refractivity contribution >= 4 is 15.7 Å². The van der Waals surface area contributed by atoms with E-state index in [4.69, 9.17) is 4.42 Å². The summed E-state index contributed by atoms with van der Waals surface area (Å²) >= 11 is 0. The van der Waals surface area contributed by atoms with Gasteiger partial charge in [-0.3, -0.25) is 4.79 Å². The minimum Gasteiger partial charge on any atom is -0.444 e. The van der Waals surface area contributed by atoms with E-state index >= 15 is 0 Å². The van der Waals surface area contributed by atoms with Crippen molar-refractivity contribution < 1.29 is 17.6 Å². The first kappa shape index (κ1) is 16.7. The molecule has 1 saturated heterocycles. The molecule has 0 radical (unpaired) electrons. The third-order valence-corrected chi connectivity index (χ3v) is 6.20. The van der Waals surface area contributed by atoms with Crippen molar-refractivity contribution in [2.75, 3.05) is 13.1 Å². The molecule has 0 N–H and O–H groups in total. The first-order valence-corrected chi connectivity index (χ1v) is 9.69. The molecule has 0 saturated carbocycles. The highest BCUT2D eigenvalue weighted by Gasteiger charge is 2.33. The Morgan fingerprint density at radius 1 is 1.25 bits per heavy atom. The van der Waals surface area contributed by atoms with E-state index in [2.05, 4.69) is 4.98 Å². The second-order valence-electron chi connectivity index (χ2n) is 5.99. The lowest BCUT2D eigenvalue weighted by Gasteiger charge is -2.20. The summed E-state index contributed by atoms with van der Waals surface area (Å²) in [6.07, 6.45) is 3.21. The van der Waals surface area contributed by atoms with E-state index in [1.807, 2.05) is 30.3 Å². The Balaban J connectivity index is 1.72. The number of hydrogen-bond acceptors (Lipinski definition) is 5. The van der Waals surface area contributed by atoms with E-state index < -0.39 is 15.1 Å². The Morgan fingerprint density at radius 3 is 2.58 bits per heavy atom. The normalized spacial score (nSPS) is 16.3. The zero-order valence-corrected chi connectivity index (χ0v) is 14.3. The fourth-order valence-corrected chi connectivity index (χ4v) is 4.02. The zero-order chi connectivity index (χ0) is 17.2. The molecule has 1 aromatic heterocycles. The number of aromatic nitrogens is 1. The highest BCUT2D eigenvalue weighted by Crippen LogP contribution is 2.21. The van der Waals surface area contributed by atoms with Crippen LogP contribution in [0.15, 0.2) is 41.0 Å². The smallest absolute Gasteiger partial charge is 0.240 e. The molecule has 1 aliphatic rings. The highest BCUT2D eigenvalue weighted by atomic mass is 32.2. The number of likely N-dealkylation sites (tertiary alicyclic amines) is 1. The summed E-state index contributed by atoms with van der Waals surface area (Å²) in [7, 11) is -3.63. The number of oxazole rings is 1. The van der Waals surface area contributed by atoms with Crippen molar-refractivity contribution in [3.8, 4) is 11.5 Å². The van der Waals surface area contributed by atoms with Crippen molar-refractivity contribution in [3.63, 3.8) is 0 Å². The number of rotatable bonds is 5. The van der Waals surface area contributed by atoms with Crippen LogP contribution in [0.1, 0.15) is 25.5 Å². The van der Waals surface area contributed by atoms with Crippen molar-refractivity contribution in [1.82, 2.24) is 9.88 Å².